The van der Waals surface area contributed by atoms with Crippen LogP contribution in [0.15, 0.2) is 76.0 Å². The van der Waals surface area contributed by atoms with Gasteiger partial charge in [-0.2, -0.15) is 4.89 Å². The van der Waals surface area contributed by atoms with Gasteiger partial charge in [0.2, 0.25) is 6.29 Å². The second-order valence-corrected chi connectivity index (χ2v) is 9.89. The maximum atomic E-state index is 12.8. The van der Waals surface area contributed by atoms with E-state index in [4.69, 9.17) is 28.4 Å². The normalized spacial score (nSPS) is 21.6. The molecule has 0 saturated carbocycles. The van der Waals surface area contributed by atoms with Crippen molar-refractivity contribution in [2.24, 2.45) is 0 Å². The molecule has 0 bridgehead atoms. The number of carbonyl (C=O) groups excluding carboxylic acids is 1. The maximum Gasteiger partial charge on any atom is 0.365 e. The number of ether oxygens (including phenoxy) is 3. The summed E-state index contributed by atoms with van der Waals surface area (Å²) in [6.45, 7) is -0.744. The van der Waals surface area contributed by atoms with Crippen molar-refractivity contribution >= 4 is 23.0 Å². The Labute approximate surface area is 254 Å². The van der Waals surface area contributed by atoms with E-state index in [1.807, 2.05) is 0 Å². The zero-order valence-electron chi connectivity index (χ0n) is 23.5. The number of phenolic OH excluding ortho intramolecular Hbond substituents is 3. The first kappa shape index (κ1) is 31.3. The van der Waals surface area contributed by atoms with Gasteiger partial charge in [0.15, 0.2) is 23.0 Å². The molecule has 5 rings (SSSR count). The highest BCUT2D eigenvalue weighted by Crippen LogP contribution is 2.35. The number of rotatable bonds is 9. The quantitative estimate of drug-likeness (QED) is 0.0892. The molecule has 45 heavy (non-hydrogen) atoms. The molecule has 6 N–H and O–H groups in total. The number of hydrogen-bond acceptors (Lipinski definition) is 14. The third-order valence-corrected chi connectivity index (χ3v) is 6.87. The largest absolute Gasteiger partial charge is 0.508 e. The van der Waals surface area contributed by atoms with Crippen LogP contribution < -0.4 is 14.9 Å². The fraction of sp³-hybridized carbons (Fsp3) is 0.226. The Morgan fingerprint density at radius 1 is 0.956 bits per heavy atom. The lowest BCUT2D eigenvalue weighted by Crippen LogP contribution is -2.61. The molecule has 14 nitrogen and oxygen atoms in total. The molecule has 0 aliphatic carbocycles. The predicted octanol–water partition coefficient (Wildman–Crippen LogP) is 1.96. The minimum atomic E-state index is -1.80. The molecule has 1 saturated heterocycles. The van der Waals surface area contributed by atoms with Crippen LogP contribution in [0.4, 0.5) is 0 Å². The van der Waals surface area contributed by atoms with Crippen LogP contribution in [-0.4, -0.2) is 81.0 Å². The molecule has 0 amide bonds. The number of aromatic hydroxyl groups is 3. The molecule has 4 aromatic rings. The van der Waals surface area contributed by atoms with Crippen LogP contribution in [0, 0.1) is 0 Å². The van der Waals surface area contributed by atoms with Crippen LogP contribution in [0.5, 0.6) is 28.7 Å². The van der Waals surface area contributed by atoms with Crippen molar-refractivity contribution in [2.45, 2.75) is 30.7 Å². The maximum absolute atomic E-state index is 12.8. The number of aliphatic hydroxyl groups is 3. The summed E-state index contributed by atoms with van der Waals surface area (Å²) in [7, 11) is 1.36. The lowest BCUT2D eigenvalue weighted by atomic mass is 9.99. The third-order valence-electron chi connectivity index (χ3n) is 6.87. The van der Waals surface area contributed by atoms with Gasteiger partial charge in [0.1, 0.15) is 52.3 Å². The van der Waals surface area contributed by atoms with Gasteiger partial charge >= 0.3 is 5.97 Å². The second kappa shape index (κ2) is 13.3. The van der Waals surface area contributed by atoms with E-state index in [0.717, 1.165) is 18.2 Å². The minimum absolute atomic E-state index is 0.0466. The standard InChI is InChI=1S/C31H28O14/c1-40-23-10-16(5-8-19(23)34)22-13-21(36)27-20(35)11-18(12-24(27)42-22)41-31-29(39)28(38)30(25(14-32)43-31)45-44-26(37)9-4-15-2-6-17(33)7-3-15/h2-13,25,28-35,38-39H,14H2,1H3/b9-4+/t25-,28-,29-,30-,31-/m1/s1. The summed E-state index contributed by atoms with van der Waals surface area (Å²) in [5, 5.41) is 60.9. The highest BCUT2D eigenvalue weighted by molar-refractivity contribution is 5.87. The summed E-state index contributed by atoms with van der Waals surface area (Å²) in [6.07, 6.45) is -5.66. The molecule has 5 atom stereocenters. The number of benzene rings is 3. The number of carbonyl (C=O) groups is 1. The first-order valence-corrected chi connectivity index (χ1v) is 13.4. The van der Waals surface area contributed by atoms with Crippen molar-refractivity contribution in [3.8, 4) is 40.1 Å². The topological polar surface area (TPSA) is 215 Å². The molecule has 0 spiro atoms. The van der Waals surface area contributed by atoms with Gasteiger partial charge in [-0.1, -0.05) is 12.1 Å². The van der Waals surface area contributed by atoms with Crippen molar-refractivity contribution < 1.29 is 63.8 Å². The van der Waals surface area contributed by atoms with Gasteiger partial charge in [0.25, 0.3) is 0 Å². The average Bonchev–Trinajstić information content (AvgIpc) is 3.02. The Hall–Kier alpha value is -5.12. The van der Waals surface area contributed by atoms with Crippen LogP contribution >= 0.6 is 0 Å². The van der Waals surface area contributed by atoms with Crippen molar-refractivity contribution in [1.82, 2.24) is 0 Å². The molecule has 0 radical (unpaired) electrons. The summed E-state index contributed by atoms with van der Waals surface area (Å²) < 4.78 is 22.2. The van der Waals surface area contributed by atoms with Gasteiger partial charge in [0.05, 0.1) is 13.7 Å². The van der Waals surface area contributed by atoms with E-state index in [0.29, 0.717) is 11.1 Å². The van der Waals surface area contributed by atoms with Crippen molar-refractivity contribution in [2.75, 3.05) is 13.7 Å². The molecule has 1 aliphatic rings. The fourth-order valence-electron chi connectivity index (χ4n) is 4.57. The van der Waals surface area contributed by atoms with Crippen molar-refractivity contribution in [3.63, 3.8) is 0 Å². The predicted molar refractivity (Wildman–Crippen MR) is 154 cm³/mol. The lowest BCUT2D eigenvalue weighted by molar-refractivity contribution is -0.368. The fourth-order valence-corrected chi connectivity index (χ4v) is 4.57. The highest BCUT2D eigenvalue weighted by atomic mass is 17.2. The zero-order valence-corrected chi connectivity index (χ0v) is 23.5. The first-order valence-electron chi connectivity index (χ1n) is 13.4. The minimum Gasteiger partial charge on any atom is -0.508 e. The summed E-state index contributed by atoms with van der Waals surface area (Å²) in [4.78, 5) is 34.6. The molecule has 1 aromatic heterocycles. The van der Waals surface area contributed by atoms with E-state index >= 15 is 0 Å². The third kappa shape index (κ3) is 6.85. The molecule has 236 valence electrons. The molecular formula is C31H28O14. The van der Waals surface area contributed by atoms with Crippen molar-refractivity contribution in [3.05, 3.63) is 82.5 Å². The van der Waals surface area contributed by atoms with Gasteiger partial charge in [-0.25, -0.2) is 4.79 Å². The first-order chi connectivity index (χ1) is 21.6. The number of aliphatic hydroxyl groups excluding tert-OH is 3. The van der Waals surface area contributed by atoms with Gasteiger partial charge in [-0.15, -0.1) is 0 Å². The summed E-state index contributed by atoms with van der Waals surface area (Å²) in [6, 6.07) is 13.7. The molecular weight excluding hydrogens is 596 g/mol. The lowest BCUT2D eigenvalue weighted by Gasteiger charge is -2.40. The van der Waals surface area contributed by atoms with Crippen molar-refractivity contribution in [1.29, 1.82) is 0 Å². The highest BCUT2D eigenvalue weighted by Gasteiger charge is 2.47. The molecule has 3 aromatic carbocycles. The van der Waals surface area contributed by atoms with E-state index in [9.17, 15) is 40.2 Å². The summed E-state index contributed by atoms with van der Waals surface area (Å²) >= 11 is 0. The Morgan fingerprint density at radius 2 is 1.71 bits per heavy atom. The van der Waals surface area contributed by atoms with Crippen LogP contribution in [0.3, 0.4) is 0 Å². The van der Waals surface area contributed by atoms with E-state index in [-0.39, 0.29) is 39.7 Å². The van der Waals surface area contributed by atoms with E-state index < -0.39 is 54.5 Å². The average molecular weight is 625 g/mol. The summed E-state index contributed by atoms with van der Waals surface area (Å²) in [5.41, 5.74) is 0.277. The second-order valence-electron chi connectivity index (χ2n) is 9.89. The molecule has 2 heterocycles. The monoisotopic (exact) mass is 624 g/mol. The Balaban J connectivity index is 1.31. The van der Waals surface area contributed by atoms with Crippen LogP contribution in [-0.2, 0) is 19.3 Å². The van der Waals surface area contributed by atoms with Gasteiger partial charge < -0.3 is 49.3 Å². The summed E-state index contributed by atoms with van der Waals surface area (Å²) in [5.74, 6) is -1.48. The Kier molecular flexibility index (Phi) is 9.22. The van der Waals surface area contributed by atoms with E-state index in [1.54, 1.807) is 12.1 Å². The Morgan fingerprint density at radius 3 is 2.42 bits per heavy atom. The molecule has 14 heteroatoms. The zero-order chi connectivity index (χ0) is 32.2. The van der Waals surface area contributed by atoms with E-state index in [2.05, 4.69) is 0 Å². The van der Waals surface area contributed by atoms with Crippen LogP contribution in [0.1, 0.15) is 5.56 Å². The molecule has 1 aliphatic heterocycles. The van der Waals surface area contributed by atoms with Gasteiger partial charge in [-0.05, 0) is 42.0 Å². The smallest absolute Gasteiger partial charge is 0.365 e. The molecule has 0 unspecified atom stereocenters. The van der Waals surface area contributed by atoms with Gasteiger partial charge in [-0.3, -0.25) is 9.68 Å². The van der Waals surface area contributed by atoms with E-state index in [1.165, 1.54) is 49.6 Å². The van der Waals surface area contributed by atoms with Crippen LogP contribution in [0.25, 0.3) is 28.4 Å². The van der Waals surface area contributed by atoms with Gasteiger partial charge in [0, 0.05) is 29.8 Å². The molecule has 1 fully saturated rings. The Bertz CT molecular complexity index is 1760. The number of fused-ring (bicyclic) bond motifs is 1. The van der Waals surface area contributed by atoms with Crippen LogP contribution in [0.2, 0.25) is 0 Å². The SMILES string of the molecule is COc1cc(-c2cc(=O)c3c(O)cc(O[C@@H]4O[C@H](CO)[C@@H](OOC(=O)/C=C/c5ccc(O)cc5)[C@H](O)[C@H]4O)cc3o2)ccc1O. The number of methoxy groups -OCH3 is 1. The number of hydrogen-bond donors (Lipinski definition) is 6. The number of phenols is 3.